The van der Waals surface area contributed by atoms with E-state index in [0.717, 1.165) is 19.3 Å². The topological polar surface area (TPSA) is 52.3 Å². The van der Waals surface area contributed by atoms with Gasteiger partial charge in [-0.05, 0) is 25.8 Å². The number of hydrogen-bond acceptors (Lipinski definition) is 3. The lowest BCUT2D eigenvalue weighted by Gasteiger charge is -2.06. The minimum absolute atomic E-state index is 0. The van der Waals surface area contributed by atoms with Gasteiger partial charge in [-0.25, -0.2) is 0 Å². The number of carbonyl (C=O) groups excluding carboxylic acids is 1. The summed E-state index contributed by atoms with van der Waals surface area (Å²) in [4.78, 5) is 10.6. The summed E-state index contributed by atoms with van der Waals surface area (Å²) in [6.45, 7) is 0.689. The third-order valence-electron chi connectivity index (χ3n) is 1.70. The van der Waals surface area contributed by atoms with Crippen LogP contribution < -0.4 is 5.73 Å². The van der Waals surface area contributed by atoms with Crippen LogP contribution in [-0.4, -0.2) is 18.6 Å². The van der Waals surface area contributed by atoms with Crippen LogP contribution in [0.15, 0.2) is 0 Å². The Kier molecular flexibility index (Phi) is 5.85. The lowest BCUT2D eigenvalue weighted by molar-refractivity contribution is -0.141. The highest BCUT2D eigenvalue weighted by Gasteiger charge is 2.21. The van der Waals surface area contributed by atoms with Crippen LogP contribution in [0.2, 0.25) is 0 Å². The van der Waals surface area contributed by atoms with Crippen LogP contribution in [0.5, 0.6) is 0 Å². The Morgan fingerprint density at radius 2 is 2.36 bits per heavy atom. The molecule has 0 amide bonds. The van der Waals surface area contributed by atoms with Gasteiger partial charge in [-0.2, -0.15) is 0 Å². The minimum Gasteiger partial charge on any atom is -0.462 e. The second-order valence-electron chi connectivity index (χ2n) is 2.58. The Morgan fingerprint density at radius 1 is 1.64 bits per heavy atom. The molecule has 1 saturated heterocycles. The van der Waals surface area contributed by atoms with Gasteiger partial charge in [0, 0.05) is 6.42 Å². The Hall–Kier alpha value is 0.160. The average molecular weight is 271 g/mol. The highest BCUT2D eigenvalue weighted by molar-refractivity contribution is 14.0. The SMILES string of the molecule is I.NCCCC1CCC(=O)O1. The number of esters is 1. The standard InChI is InChI=1S/C7H13NO2.HI/c8-5-1-2-6-3-4-7(9)10-6;/h6H,1-5,8H2;1H. The van der Waals surface area contributed by atoms with Gasteiger partial charge in [-0.3, -0.25) is 4.79 Å². The summed E-state index contributed by atoms with van der Waals surface area (Å²) in [6, 6.07) is 0. The summed E-state index contributed by atoms with van der Waals surface area (Å²) >= 11 is 0. The van der Waals surface area contributed by atoms with Gasteiger partial charge in [0.1, 0.15) is 6.10 Å². The molecule has 0 saturated carbocycles. The molecule has 4 heteroatoms. The van der Waals surface area contributed by atoms with E-state index in [2.05, 4.69) is 0 Å². The van der Waals surface area contributed by atoms with E-state index in [9.17, 15) is 4.79 Å². The highest BCUT2D eigenvalue weighted by Crippen LogP contribution is 2.17. The summed E-state index contributed by atoms with van der Waals surface area (Å²) in [5.74, 6) is -0.0537. The van der Waals surface area contributed by atoms with Crippen LogP contribution in [0.25, 0.3) is 0 Å². The molecule has 0 radical (unpaired) electrons. The maximum atomic E-state index is 10.6. The third kappa shape index (κ3) is 3.91. The fourth-order valence-electron chi connectivity index (χ4n) is 1.13. The van der Waals surface area contributed by atoms with E-state index >= 15 is 0 Å². The average Bonchev–Trinajstić information content (AvgIpc) is 2.31. The van der Waals surface area contributed by atoms with Gasteiger partial charge >= 0.3 is 5.97 Å². The zero-order chi connectivity index (χ0) is 7.40. The quantitative estimate of drug-likeness (QED) is 0.616. The molecule has 1 atom stereocenters. The summed E-state index contributed by atoms with van der Waals surface area (Å²) in [6.07, 6.45) is 3.53. The number of hydrogen-bond donors (Lipinski definition) is 1. The lowest BCUT2D eigenvalue weighted by atomic mass is 10.1. The summed E-state index contributed by atoms with van der Waals surface area (Å²) in [5, 5.41) is 0. The molecule has 66 valence electrons. The Morgan fingerprint density at radius 3 is 2.82 bits per heavy atom. The number of nitrogens with two attached hydrogens (primary N) is 1. The van der Waals surface area contributed by atoms with E-state index in [-0.39, 0.29) is 36.0 Å². The van der Waals surface area contributed by atoms with Crippen molar-refractivity contribution in [3.63, 3.8) is 0 Å². The van der Waals surface area contributed by atoms with Crippen molar-refractivity contribution in [3.05, 3.63) is 0 Å². The zero-order valence-corrected chi connectivity index (χ0v) is 8.75. The van der Waals surface area contributed by atoms with Gasteiger partial charge in [0.05, 0.1) is 0 Å². The van der Waals surface area contributed by atoms with E-state index in [0.29, 0.717) is 13.0 Å². The first-order valence-corrected chi connectivity index (χ1v) is 3.72. The van der Waals surface area contributed by atoms with Gasteiger partial charge in [-0.1, -0.05) is 0 Å². The Labute approximate surface area is 83.7 Å². The van der Waals surface area contributed by atoms with Crippen LogP contribution in [0, 0.1) is 0 Å². The zero-order valence-electron chi connectivity index (χ0n) is 6.41. The van der Waals surface area contributed by atoms with Gasteiger partial charge in [-0.15, -0.1) is 24.0 Å². The number of halogens is 1. The van der Waals surface area contributed by atoms with Gasteiger partial charge < -0.3 is 10.5 Å². The molecule has 2 N–H and O–H groups in total. The van der Waals surface area contributed by atoms with E-state index in [1.807, 2.05) is 0 Å². The van der Waals surface area contributed by atoms with Crippen molar-refractivity contribution < 1.29 is 9.53 Å². The van der Waals surface area contributed by atoms with Crippen molar-refractivity contribution in [2.45, 2.75) is 31.8 Å². The number of carbonyl (C=O) groups is 1. The summed E-state index contributed by atoms with van der Waals surface area (Å²) in [5.41, 5.74) is 5.30. The summed E-state index contributed by atoms with van der Waals surface area (Å²) < 4.78 is 4.97. The van der Waals surface area contributed by atoms with Gasteiger partial charge in [0.15, 0.2) is 0 Å². The van der Waals surface area contributed by atoms with Crippen LogP contribution in [0.3, 0.4) is 0 Å². The number of rotatable bonds is 3. The van der Waals surface area contributed by atoms with Crippen molar-refractivity contribution in [3.8, 4) is 0 Å². The fourth-order valence-corrected chi connectivity index (χ4v) is 1.13. The lowest BCUT2D eigenvalue weighted by Crippen LogP contribution is -2.09. The van der Waals surface area contributed by atoms with Crippen molar-refractivity contribution in [2.24, 2.45) is 5.73 Å². The molecular formula is C7H14INO2. The molecule has 1 aliphatic rings. The maximum Gasteiger partial charge on any atom is 0.306 e. The Bertz CT molecular complexity index is 130. The first-order chi connectivity index (χ1) is 4.83. The maximum absolute atomic E-state index is 10.6. The largest absolute Gasteiger partial charge is 0.462 e. The van der Waals surface area contributed by atoms with Crippen molar-refractivity contribution >= 4 is 29.9 Å². The first kappa shape index (κ1) is 11.2. The molecule has 1 unspecified atom stereocenters. The van der Waals surface area contributed by atoms with E-state index in [1.54, 1.807) is 0 Å². The molecule has 0 aromatic heterocycles. The molecule has 1 aliphatic heterocycles. The predicted octanol–water partition coefficient (Wildman–Crippen LogP) is 1.05. The molecule has 0 spiro atoms. The van der Waals surface area contributed by atoms with Crippen molar-refractivity contribution in [1.29, 1.82) is 0 Å². The predicted molar refractivity (Wildman–Crippen MR) is 52.8 cm³/mol. The monoisotopic (exact) mass is 271 g/mol. The smallest absolute Gasteiger partial charge is 0.306 e. The van der Waals surface area contributed by atoms with E-state index in [4.69, 9.17) is 10.5 Å². The molecule has 0 bridgehead atoms. The fraction of sp³-hybridized carbons (Fsp3) is 0.857. The van der Waals surface area contributed by atoms with Crippen LogP contribution in [-0.2, 0) is 9.53 Å². The van der Waals surface area contributed by atoms with Crippen molar-refractivity contribution in [1.82, 2.24) is 0 Å². The van der Waals surface area contributed by atoms with E-state index in [1.165, 1.54) is 0 Å². The molecule has 0 aliphatic carbocycles. The minimum atomic E-state index is -0.0537. The van der Waals surface area contributed by atoms with Crippen LogP contribution in [0.4, 0.5) is 0 Å². The summed E-state index contributed by atoms with van der Waals surface area (Å²) in [7, 11) is 0. The molecule has 1 fully saturated rings. The normalized spacial score (nSPS) is 22.6. The van der Waals surface area contributed by atoms with E-state index < -0.39 is 0 Å². The van der Waals surface area contributed by atoms with Crippen LogP contribution in [0.1, 0.15) is 25.7 Å². The second kappa shape index (κ2) is 5.77. The van der Waals surface area contributed by atoms with Gasteiger partial charge in [0.2, 0.25) is 0 Å². The third-order valence-corrected chi connectivity index (χ3v) is 1.70. The molecule has 0 aromatic carbocycles. The number of cyclic esters (lactones) is 1. The van der Waals surface area contributed by atoms with Gasteiger partial charge in [0.25, 0.3) is 0 Å². The molecule has 11 heavy (non-hydrogen) atoms. The molecular weight excluding hydrogens is 257 g/mol. The van der Waals surface area contributed by atoms with Crippen LogP contribution >= 0.6 is 24.0 Å². The Balaban J connectivity index is 0.000001000. The molecule has 1 heterocycles. The number of ether oxygens (including phenoxy) is 1. The first-order valence-electron chi connectivity index (χ1n) is 3.72. The van der Waals surface area contributed by atoms with Crippen molar-refractivity contribution in [2.75, 3.05) is 6.54 Å². The second-order valence-corrected chi connectivity index (χ2v) is 2.58. The molecule has 1 rings (SSSR count). The molecule has 0 aromatic rings. The molecule has 3 nitrogen and oxygen atoms in total. The highest BCUT2D eigenvalue weighted by atomic mass is 127.